The highest BCUT2D eigenvalue weighted by molar-refractivity contribution is 6.07. The van der Waals surface area contributed by atoms with Gasteiger partial charge in [0, 0.05) is 25.2 Å². The molecule has 2 aliphatic heterocycles. The SMILES string of the molecule is O=C(c1cccc2ccccc12)N1CC(CCC=CO)C(CN2CCC(c3ccc(F)cc3)CC2)C1. The van der Waals surface area contributed by atoms with Gasteiger partial charge < -0.3 is 14.9 Å². The maximum Gasteiger partial charge on any atom is 0.254 e. The van der Waals surface area contributed by atoms with E-state index >= 15 is 0 Å². The standard InChI is InChI=1S/C31H35FN2O2/c32-28-13-11-23(12-14-28)24-15-17-33(18-16-24)20-27-22-34(21-26(27)7-3-4-19-35)31(36)30-10-5-8-25-6-1-2-9-29(25)30/h1-2,4-6,8-14,19,24,26-27,35H,3,7,15-18,20-22H2. The summed E-state index contributed by atoms with van der Waals surface area (Å²) in [5.41, 5.74) is 2.01. The molecule has 0 bridgehead atoms. The molecule has 0 spiro atoms. The molecule has 2 aliphatic rings. The lowest BCUT2D eigenvalue weighted by molar-refractivity contribution is 0.0782. The van der Waals surface area contributed by atoms with Crippen molar-refractivity contribution in [2.45, 2.75) is 31.6 Å². The van der Waals surface area contributed by atoms with Crippen molar-refractivity contribution in [3.8, 4) is 0 Å². The van der Waals surface area contributed by atoms with Crippen LogP contribution in [-0.2, 0) is 0 Å². The lowest BCUT2D eigenvalue weighted by atomic mass is 9.87. The number of likely N-dealkylation sites (tertiary alicyclic amines) is 2. The molecule has 2 atom stereocenters. The van der Waals surface area contributed by atoms with Crippen LogP contribution in [0, 0.1) is 17.7 Å². The van der Waals surface area contributed by atoms with Gasteiger partial charge in [-0.2, -0.15) is 0 Å². The van der Waals surface area contributed by atoms with Gasteiger partial charge in [0.1, 0.15) is 5.82 Å². The first-order valence-corrected chi connectivity index (χ1v) is 13.2. The Kier molecular flexibility index (Phi) is 7.66. The molecule has 4 nitrogen and oxygen atoms in total. The van der Waals surface area contributed by atoms with Gasteiger partial charge in [-0.15, -0.1) is 0 Å². The molecule has 0 aliphatic carbocycles. The summed E-state index contributed by atoms with van der Waals surface area (Å²) < 4.78 is 13.3. The minimum Gasteiger partial charge on any atom is -0.516 e. The number of hydrogen-bond donors (Lipinski definition) is 1. The molecule has 1 amide bonds. The zero-order chi connectivity index (χ0) is 24.9. The largest absolute Gasteiger partial charge is 0.516 e. The van der Waals surface area contributed by atoms with Gasteiger partial charge in [0.2, 0.25) is 0 Å². The van der Waals surface area contributed by atoms with Crippen molar-refractivity contribution >= 4 is 16.7 Å². The third-order valence-electron chi connectivity index (χ3n) is 8.11. The van der Waals surface area contributed by atoms with Crippen LogP contribution < -0.4 is 0 Å². The van der Waals surface area contributed by atoms with E-state index in [9.17, 15) is 9.18 Å². The van der Waals surface area contributed by atoms with E-state index in [0.29, 0.717) is 17.8 Å². The molecular weight excluding hydrogens is 451 g/mol. The van der Waals surface area contributed by atoms with Crippen molar-refractivity contribution in [3.05, 3.63) is 96.0 Å². The fourth-order valence-electron chi connectivity index (χ4n) is 6.12. The number of piperidine rings is 1. The highest BCUT2D eigenvalue weighted by Crippen LogP contribution is 2.33. The second kappa shape index (κ2) is 11.3. The summed E-state index contributed by atoms with van der Waals surface area (Å²) in [5.74, 6) is 1.25. The maximum atomic E-state index is 13.6. The Morgan fingerprint density at radius 2 is 1.67 bits per heavy atom. The summed E-state index contributed by atoms with van der Waals surface area (Å²) in [6.45, 7) is 4.58. The summed E-state index contributed by atoms with van der Waals surface area (Å²) in [7, 11) is 0. The van der Waals surface area contributed by atoms with Crippen molar-refractivity contribution in [3.63, 3.8) is 0 Å². The van der Waals surface area contributed by atoms with Crippen molar-refractivity contribution < 1.29 is 14.3 Å². The van der Waals surface area contributed by atoms with Crippen molar-refractivity contribution in [1.29, 1.82) is 0 Å². The normalized spacial score (nSPS) is 21.5. The van der Waals surface area contributed by atoms with Gasteiger partial charge in [0.15, 0.2) is 0 Å². The van der Waals surface area contributed by atoms with E-state index in [1.54, 1.807) is 18.2 Å². The zero-order valence-electron chi connectivity index (χ0n) is 20.7. The van der Waals surface area contributed by atoms with Crippen LogP contribution in [0.3, 0.4) is 0 Å². The molecule has 2 heterocycles. The first-order chi connectivity index (χ1) is 17.6. The van der Waals surface area contributed by atoms with Crippen LogP contribution in [0.4, 0.5) is 4.39 Å². The molecule has 2 fully saturated rings. The third-order valence-corrected chi connectivity index (χ3v) is 8.11. The number of hydrogen-bond acceptors (Lipinski definition) is 3. The van der Waals surface area contributed by atoms with Crippen LogP contribution in [0.5, 0.6) is 0 Å². The van der Waals surface area contributed by atoms with Crippen LogP contribution in [0.1, 0.15) is 47.5 Å². The number of nitrogens with zero attached hydrogens (tertiary/aromatic N) is 2. The molecule has 5 heteroatoms. The van der Waals surface area contributed by atoms with E-state index in [-0.39, 0.29) is 11.7 Å². The van der Waals surface area contributed by atoms with Crippen molar-refractivity contribution in [1.82, 2.24) is 9.80 Å². The van der Waals surface area contributed by atoms with Crippen LogP contribution in [0.2, 0.25) is 0 Å². The Hall–Kier alpha value is -3.18. The second-order valence-corrected chi connectivity index (χ2v) is 10.3. The van der Waals surface area contributed by atoms with Crippen LogP contribution in [0.25, 0.3) is 10.8 Å². The zero-order valence-corrected chi connectivity index (χ0v) is 20.7. The molecule has 0 radical (unpaired) electrons. The van der Waals surface area contributed by atoms with E-state index < -0.39 is 0 Å². The molecular formula is C31H35FN2O2. The Bertz CT molecular complexity index is 1200. The van der Waals surface area contributed by atoms with E-state index in [1.807, 2.05) is 47.4 Å². The number of aliphatic hydroxyl groups excluding tert-OH is 1. The van der Waals surface area contributed by atoms with E-state index in [2.05, 4.69) is 17.0 Å². The molecule has 0 saturated carbocycles. The smallest absolute Gasteiger partial charge is 0.254 e. The van der Waals surface area contributed by atoms with Gasteiger partial charge >= 0.3 is 0 Å². The predicted molar refractivity (Wildman–Crippen MR) is 143 cm³/mol. The Morgan fingerprint density at radius 3 is 2.44 bits per heavy atom. The fraction of sp³-hybridized carbons (Fsp3) is 0.387. The third kappa shape index (κ3) is 5.46. The van der Waals surface area contributed by atoms with Gasteiger partial charge in [0.05, 0.1) is 6.26 Å². The summed E-state index contributed by atoms with van der Waals surface area (Å²) in [4.78, 5) is 18.2. The predicted octanol–water partition coefficient (Wildman–Crippen LogP) is 6.40. The number of amides is 1. The highest BCUT2D eigenvalue weighted by atomic mass is 19.1. The molecule has 3 aromatic carbocycles. The average molecular weight is 487 g/mol. The molecule has 5 rings (SSSR count). The van der Waals surface area contributed by atoms with Gasteiger partial charge in [-0.1, -0.05) is 54.6 Å². The number of rotatable bonds is 7. The van der Waals surface area contributed by atoms with Gasteiger partial charge in [-0.05, 0) is 91.1 Å². The number of allylic oxidation sites excluding steroid dienone is 1. The summed E-state index contributed by atoms with van der Waals surface area (Å²) >= 11 is 0. The Morgan fingerprint density at radius 1 is 0.944 bits per heavy atom. The number of carbonyl (C=O) groups excluding carboxylic acids is 1. The number of benzene rings is 3. The molecule has 3 aromatic rings. The summed E-state index contributed by atoms with van der Waals surface area (Å²) in [6.07, 6.45) is 6.88. The summed E-state index contributed by atoms with van der Waals surface area (Å²) in [5, 5.41) is 11.2. The van der Waals surface area contributed by atoms with Crippen LogP contribution >= 0.6 is 0 Å². The van der Waals surface area contributed by atoms with Gasteiger partial charge in [0.25, 0.3) is 5.91 Å². The number of carbonyl (C=O) groups is 1. The van der Waals surface area contributed by atoms with Gasteiger partial charge in [-0.25, -0.2) is 4.39 Å². The lowest BCUT2D eigenvalue weighted by Crippen LogP contribution is -2.38. The second-order valence-electron chi connectivity index (χ2n) is 10.3. The van der Waals surface area contributed by atoms with Gasteiger partial charge in [-0.3, -0.25) is 4.79 Å². The molecule has 1 N–H and O–H groups in total. The van der Waals surface area contributed by atoms with Crippen LogP contribution in [0.15, 0.2) is 79.1 Å². The first kappa shape index (κ1) is 24.5. The monoisotopic (exact) mass is 486 g/mol. The Labute approximate surface area is 213 Å². The molecule has 188 valence electrons. The first-order valence-electron chi connectivity index (χ1n) is 13.2. The molecule has 2 saturated heterocycles. The van der Waals surface area contributed by atoms with E-state index in [1.165, 1.54) is 5.56 Å². The quantitative estimate of drug-likeness (QED) is 0.393. The maximum absolute atomic E-state index is 13.6. The molecule has 36 heavy (non-hydrogen) atoms. The lowest BCUT2D eigenvalue weighted by Gasteiger charge is -2.34. The van der Waals surface area contributed by atoms with Crippen molar-refractivity contribution in [2.24, 2.45) is 11.8 Å². The van der Waals surface area contributed by atoms with E-state index in [0.717, 1.165) is 81.0 Å². The van der Waals surface area contributed by atoms with Crippen molar-refractivity contribution in [2.75, 3.05) is 32.7 Å². The topological polar surface area (TPSA) is 43.8 Å². The number of halogens is 1. The number of fused-ring (bicyclic) bond motifs is 1. The number of aliphatic hydroxyl groups is 1. The minimum absolute atomic E-state index is 0.118. The molecule has 0 aromatic heterocycles. The minimum atomic E-state index is -0.179. The molecule has 2 unspecified atom stereocenters. The van der Waals surface area contributed by atoms with Crippen LogP contribution in [-0.4, -0.2) is 53.5 Å². The fourth-order valence-corrected chi connectivity index (χ4v) is 6.12. The summed E-state index contributed by atoms with van der Waals surface area (Å²) in [6, 6.07) is 21.0. The van der Waals surface area contributed by atoms with E-state index in [4.69, 9.17) is 5.11 Å². The highest BCUT2D eigenvalue weighted by Gasteiger charge is 2.37. The Balaban J connectivity index is 1.25. The average Bonchev–Trinajstić information content (AvgIpc) is 3.31.